The van der Waals surface area contributed by atoms with E-state index in [1.165, 1.54) is 25.8 Å². The average Bonchev–Trinajstić information content (AvgIpc) is 2.05. The molecule has 0 aromatic carbocycles. The summed E-state index contributed by atoms with van der Waals surface area (Å²) in [7, 11) is 0. The van der Waals surface area contributed by atoms with Gasteiger partial charge in [-0.25, -0.2) is 0 Å². The minimum Gasteiger partial charge on any atom is -0.293 e. The SMILES string of the molecule is CC.CCN1C(C)(C)CCCC1(C)C. The van der Waals surface area contributed by atoms with E-state index in [2.05, 4.69) is 39.5 Å². The lowest BCUT2D eigenvalue weighted by atomic mass is 9.80. The summed E-state index contributed by atoms with van der Waals surface area (Å²) in [4.78, 5) is 2.64. The van der Waals surface area contributed by atoms with Gasteiger partial charge in [0.1, 0.15) is 0 Å². The first-order chi connectivity index (χ1) is 6.40. The Morgan fingerprint density at radius 1 is 0.929 bits per heavy atom. The molecule has 0 amide bonds. The number of hydrogen-bond acceptors (Lipinski definition) is 1. The maximum absolute atomic E-state index is 2.64. The summed E-state index contributed by atoms with van der Waals surface area (Å²) in [5.41, 5.74) is 0.826. The lowest BCUT2D eigenvalue weighted by Crippen LogP contribution is -2.58. The van der Waals surface area contributed by atoms with Crippen molar-refractivity contribution in [3.63, 3.8) is 0 Å². The molecule has 0 aromatic heterocycles. The minimum atomic E-state index is 0.413. The van der Waals surface area contributed by atoms with E-state index >= 15 is 0 Å². The van der Waals surface area contributed by atoms with Crippen LogP contribution in [0.25, 0.3) is 0 Å². The molecule has 0 aromatic rings. The first kappa shape index (κ1) is 14.0. The molecule has 1 heteroatoms. The summed E-state index contributed by atoms with van der Waals surface area (Å²) < 4.78 is 0. The summed E-state index contributed by atoms with van der Waals surface area (Å²) in [6, 6.07) is 0. The van der Waals surface area contributed by atoms with Gasteiger partial charge in [0.15, 0.2) is 0 Å². The highest BCUT2D eigenvalue weighted by Crippen LogP contribution is 2.37. The van der Waals surface area contributed by atoms with Gasteiger partial charge in [0.2, 0.25) is 0 Å². The summed E-state index contributed by atoms with van der Waals surface area (Å²) in [5.74, 6) is 0. The van der Waals surface area contributed by atoms with Crippen LogP contribution >= 0.6 is 0 Å². The van der Waals surface area contributed by atoms with E-state index in [1.807, 2.05) is 13.8 Å². The molecule has 0 radical (unpaired) electrons. The van der Waals surface area contributed by atoms with E-state index in [0.29, 0.717) is 11.1 Å². The normalized spacial score (nSPS) is 25.1. The molecule has 0 atom stereocenters. The fourth-order valence-electron chi connectivity index (χ4n) is 2.90. The lowest BCUT2D eigenvalue weighted by molar-refractivity contribution is -0.0218. The van der Waals surface area contributed by atoms with Gasteiger partial charge in [-0.1, -0.05) is 20.8 Å². The zero-order valence-electron chi connectivity index (χ0n) is 11.3. The Balaban J connectivity index is 0.000000791. The Kier molecular flexibility index (Phi) is 5.14. The zero-order valence-corrected chi connectivity index (χ0v) is 11.3. The van der Waals surface area contributed by atoms with Crippen molar-refractivity contribution in [3.8, 4) is 0 Å². The third kappa shape index (κ3) is 2.98. The highest BCUT2D eigenvalue weighted by molar-refractivity contribution is 4.95. The number of nitrogens with zero attached hydrogens (tertiary/aromatic N) is 1. The van der Waals surface area contributed by atoms with Crippen LogP contribution in [0, 0.1) is 0 Å². The van der Waals surface area contributed by atoms with E-state index < -0.39 is 0 Å². The Bertz CT molecular complexity index is 143. The molecule has 0 unspecified atom stereocenters. The molecule has 1 nitrogen and oxygen atoms in total. The van der Waals surface area contributed by atoms with E-state index in [9.17, 15) is 0 Å². The number of hydrogen-bond donors (Lipinski definition) is 0. The van der Waals surface area contributed by atoms with Gasteiger partial charge in [-0.05, 0) is 53.5 Å². The Morgan fingerprint density at radius 3 is 1.50 bits per heavy atom. The van der Waals surface area contributed by atoms with Gasteiger partial charge in [-0.2, -0.15) is 0 Å². The van der Waals surface area contributed by atoms with Crippen molar-refractivity contribution in [3.05, 3.63) is 0 Å². The van der Waals surface area contributed by atoms with Crippen LogP contribution in [0.1, 0.15) is 67.7 Å². The predicted molar refractivity (Wildman–Crippen MR) is 65.7 cm³/mol. The lowest BCUT2D eigenvalue weighted by Gasteiger charge is -2.52. The first-order valence-corrected chi connectivity index (χ1v) is 6.18. The molecule has 0 aliphatic carbocycles. The van der Waals surface area contributed by atoms with E-state index in [0.717, 1.165) is 0 Å². The molecule has 0 N–H and O–H groups in total. The smallest absolute Gasteiger partial charge is 0.0158 e. The van der Waals surface area contributed by atoms with Crippen LogP contribution in [0.2, 0.25) is 0 Å². The standard InChI is InChI=1S/C11H23N.C2H6/c1-6-12-10(2,3)8-7-9-11(12,4)5;1-2/h6-9H2,1-5H3;1-2H3. The van der Waals surface area contributed by atoms with Gasteiger partial charge in [-0.15, -0.1) is 0 Å². The van der Waals surface area contributed by atoms with Crippen LogP contribution in [0.15, 0.2) is 0 Å². The van der Waals surface area contributed by atoms with Gasteiger partial charge in [-0.3, -0.25) is 4.90 Å². The van der Waals surface area contributed by atoms with Crippen molar-refractivity contribution in [2.24, 2.45) is 0 Å². The number of piperidine rings is 1. The zero-order chi connectivity index (χ0) is 11.4. The van der Waals surface area contributed by atoms with E-state index in [-0.39, 0.29) is 0 Å². The molecule has 0 bridgehead atoms. The molecular weight excluding hydrogens is 170 g/mol. The quantitative estimate of drug-likeness (QED) is 0.615. The Labute approximate surface area is 90.9 Å². The van der Waals surface area contributed by atoms with Crippen molar-refractivity contribution in [1.82, 2.24) is 4.90 Å². The van der Waals surface area contributed by atoms with Crippen molar-refractivity contribution in [2.75, 3.05) is 6.54 Å². The molecule has 1 fully saturated rings. The minimum absolute atomic E-state index is 0.413. The number of likely N-dealkylation sites (tertiary alicyclic amines) is 1. The highest BCUT2D eigenvalue weighted by atomic mass is 15.2. The Morgan fingerprint density at radius 2 is 1.29 bits per heavy atom. The fourth-order valence-corrected chi connectivity index (χ4v) is 2.90. The topological polar surface area (TPSA) is 3.24 Å². The van der Waals surface area contributed by atoms with Gasteiger partial charge in [0.05, 0.1) is 0 Å². The van der Waals surface area contributed by atoms with Crippen LogP contribution in [-0.2, 0) is 0 Å². The predicted octanol–water partition coefficient (Wildman–Crippen LogP) is 4.08. The second kappa shape index (κ2) is 5.16. The van der Waals surface area contributed by atoms with Crippen LogP contribution in [-0.4, -0.2) is 22.5 Å². The van der Waals surface area contributed by atoms with Crippen molar-refractivity contribution in [1.29, 1.82) is 0 Å². The maximum Gasteiger partial charge on any atom is 0.0158 e. The van der Waals surface area contributed by atoms with E-state index in [4.69, 9.17) is 0 Å². The molecule has 14 heavy (non-hydrogen) atoms. The fraction of sp³-hybridized carbons (Fsp3) is 1.00. The number of rotatable bonds is 1. The van der Waals surface area contributed by atoms with Gasteiger partial charge >= 0.3 is 0 Å². The molecule has 1 heterocycles. The van der Waals surface area contributed by atoms with Gasteiger partial charge < -0.3 is 0 Å². The second-order valence-electron chi connectivity index (χ2n) is 5.22. The average molecular weight is 199 g/mol. The Hall–Kier alpha value is -0.0400. The van der Waals surface area contributed by atoms with Crippen molar-refractivity contribution >= 4 is 0 Å². The molecule has 0 spiro atoms. The summed E-state index contributed by atoms with van der Waals surface area (Å²) in [6.45, 7) is 16.9. The molecule has 1 aliphatic rings. The molecule has 1 aliphatic heterocycles. The molecule has 86 valence electrons. The van der Waals surface area contributed by atoms with Crippen molar-refractivity contribution in [2.45, 2.75) is 78.8 Å². The maximum atomic E-state index is 2.64. The second-order valence-corrected chi connectivity index (χ2v) is 5.22. The van der Waals surface area contributed by atoms with Gasteiger partial charge in [0, 0.05) is 11.1 Å². The third-order valence-corrected chi connectivity index (χ3v) is 3.35. The van der Waals surface area contributed by atoms with Gasteiger partial charge in [0.25, 0.3) is 0 Å². The first-order valence-electron chi connectivity index (χ1n) is 6.18. The summed E-state index contributed by atoms with van der Waals surface area (Å²) >= 11 is 0. The molecular formula is C13H29N. The van der Waals surface area contributed by atoms with Crippen LogP contribution in [0.3, 0.4) is 0 Å². The third-order valence-electron chi connectivity index (χ3n) is 3.35. The monoisotopic (exact) mass is 199 g/mol. The van der Waals surface area contributed by atoms with Crippen molar-refractivity contribution < 1.29 is 0 Å². The molecule has 1 rings (SSSR count). The molecule has 1 saturated heterocycles. The largest absolute Gasteiger partial charge is 0.293 e. The summed E-state index contributed by atoms with van der Waals surface area (Å²) in [5, 5.41) is 0. The van der Waals surface area contributed by atoms with Crippen LogP contribution in [0.5, 0.6) is 0 Å². The molecule has 0 saturated carbocycles. The van der Waals surface area contributed by atoms with Crippen LogP contribution < -0.4 is 0 Å². The highest BCUT2D eigenvalue weighted by Gasteiger charge is 2.39. The van der Waals surface area contributed by atoms with E-state index in [1.54, 1.807) is 0 Å². The summed E-state index contributed by atoms with van der Waals surface area (Å²) in [6.07, 6.45) is 4.09. The van der Waals surface area contributed by atoms with Crippen LogP contribution in [0.4, 0.5) is 0 Å².